The van der Waals surface area contributed by atoms with Crippen molar-refractivity contribution in [2.45, 2.75) is 0 Å². The van der Waals surface area contributed by atoms with Gasteiger partial charge in [0.25, 0.3) is 5.91 Å². The van der Waals surface area contributed by atoms with E-state index in [2.05, 4.69) is 4.99 Å². The summed E-state index contributed by atoms with van der Waals surface area (Å²) < 4.78 is 17.0. The van der Waals surface area contributed by atoms with Crippen LogP contribution in [0.2, 0.25) is 5.02 Å². The Morgan fingerprint density at radius 3 is 2.46 bits per heavy atom. The Balaban J connectivity index is 1.35. The quantitative estimate of drug-likeness (QED) is 0.279. The van der Waals surface area contributed by atoms with Crippen LogP contribution < -0.4 is 14.2 Å². The number of fused-ring (bicyclic) bond motifs is 1. The number of benzene rings is 3. The third kappa shape index (κ3) is 5.26. The van der Waals surface area contributed by atoms with E-state index in [1.165, 1.54) is 18.9 Å². The number of amides is 1. The lowest BCUT2D eigenvalue weighted by Crippen LogP contribution is -2.38. The topological polar surface area (TPSA) is 84.2 Å². The molecule has 37 heavy (non-hydrogen) atoms. The summed E-state index contributed by atoms with van der Waals surface area (Å²) in [5.74, 6) is 1.08. The second-order valence-corrected chi connectivity index (χ2v) is 9.22. The molecule has 0 unspecified atom stereocenters. The summed E-state index contributed by atoms with van der Waals surface area (Å²) in [6.07, 6.45) is 1.59. The zero-order valence-electron chi connectivity index (χ0n) is 19.8. The lowest BCUT2D eigenvalue weighted by molar-refractivity contribution is -0.114. The van der Waals surface area contributed by atoms with Crippen LogP contribution >= 0.6 is 23.4 Å². The number of amidine groups is 2. The number of hydrogen-bond donors (Lipinski definition) is 1. The highest BCUT2D eigenvalue weighted by atomic mass is 35.5. The first kappa shape index (κ1) is 24.7. The molecule has 7 nitrogen and oxygen atoms in total. The van der Waals surface area contributed by atoms with Crippen LogP contribution in [0.3, 0.4) is 0 Å². The molecule has 0 aromatic heterocycles. The van der Waals surface area contributed by atoms with Crippen LogP contribution in [0, 0.1) is 5.41 Å². The molecule has 2 aliphatic rings. The molecule has 0 atom stereocenters. The molecular formula is C28H22ClN3O4S. The van der Waals surface area contributed by atoms with Gasteiger partial charge in [-0.2, -0.15) is 4.99 Å². The van der Waals surface area contributed by atoms with Gasteiger partial charge in [0, 0.05) is 5.41 Å². The average molecular weight is 532 g/mol. The molecule has 0 spiro atoms. The zero-order valence-corrected chi connectivity index (χ0v) is 21.4. The molecule has 0 bridgehead atoms. The maximum absolute atomic E-state index is 12.8. The van der Waals surface area contributed by atoms with Gasteiger partial charge in [0.15, 0.2) is 16.7 Å². The van der Waals surface area contributed by atoms with Crippen molar-refractivity contribution < 1.29 is 19.0 Å². The van der Waals surface area contributed by atoms with Crippen molar-refractivity contribution in [1.29, 1.82) is 5.41 Å². The van der Waals surface area contributed by atoms with Crippen LogP contribution in [0.25, 0.3) is 11.8 Å². The van der Waals surface area contributed by atoms with Crippen molar-refractivity contribution in [3.05, 3.63) is 99.9 Å². The third-order valence-electron chi connectivity index (χ3n) is 5.59. The number of para-hydroxylation sites is 1. The number of halogens is 1. The standard InChI is InChI=1S/C28H22ClN3O4S/c1-34-24-16-18(15-22(29)25(24)36-13-12-35-20-10-6-3-7-11-20)14-21-26(30)32-23(19-8-4-2-5-9-19)17-37-28(32)31-27(21)33/h2-11,14-17,30H,12-13H2,1H3/b21-14-,30-26?. The van der Waals surface area contributed by atoms with Gasteiger partial charge in [0.2, 0.25) is 0 Å². The van der Waals surface area contributed by atoms with E-state index in [4.69, 9.17) is 31.2 Å². The van der Waals surface area contributed by atoms with Gasteiger partial charge in [-0.25, -0.2) is 0 Å². The van der Waals surface area contributed by atoms with Gasteiger partial charge in [-0.3, -0.25) is 15.1 Å². The summed E-state index contributed by atoms with van der Waals surface area (Å²) in [7, 11) is 1.51. The van der Waals surface area contributed by atoms with Gasteiger partial charge in [-0.05, 0) is 41.5 Å². The fraction of sp³-hybridized carbons (Fsp3) is 0.107. The number of carbonyl (C=O) groups excluding carboxylic acids is 1. The smallest absolute Gasteiger partial charge is 0.283 e. The van der Waals surface area contributed by atoms with Crippen molar-refractivity contribution in [3.8, 4) is 17.2 Å². The summed E-state index contributed by atoms with van der Waals surface area (Å²) in [6, 6.07) is 22.5. The van der Waals surface area contributed by atoms with E-state index in [0.717, 1.165) is 17.0 Å². The minimum Gasteiger partial charge on any atom is -0.493 e. The van der Waals surface area contributed by atoms with Crippen molar-refractivity contribution in [2.75, 3.05) is 20.3 Å². The number of nitrogens with zero attached hydrogens (tertiary/aromatic N) is 2. The Morgan fingerprint density at radius 1 is 1.03 bits per heavy atom. The van der Waals surface area contributed by atoms with Crippen molar-refractivity contribution in [2.24, 2.45) is 4.99 Å². The van der Waals surface area contributed by atoms with E-state index in [-0.39, 0.29) is 18.0 Å². The fourth-order valence-electron chi connectivity index (χ4n) is 3.86. The highest BCUT2D eigenvalue weighted by Crippen LogP contribution is 2.39. The first-order valence-corrected chi connectivity index (χ1v) is 12.6. The van der Waals surface area contributed by atoms with Gasteiger partial charge >= 0.3 is 0 Å². The molecule has 0 saturated heterocycles. The maximum Gasteiger partial charge on any atom is 0.283 e. The second-order valence-electron chi connectivity index (χ2n) is 7.97. The Kier molecular flexibility index (Phi) is 7.30. The molecule has 3 aromatic carbocycles. The molecule has 0 aliphatic carbocycles. The number of aliphatic imine (C=N–C) groups is 1. The molecule has 0 saturated carbocycles. The highest BCUT2D eigenvalue weighted by molar-refractivity contribution is 8.17. The summed E-state index contributed by atoms with van der Waals surface area (Å²) in [4.78, 5) is 18.7. The number of rotatable bonds is 8. The molecule has 1 N–H and O–H groups in total. The molecule has 2 aliphatic heterocycles. The second kappa shape index (κ2) is 10.9. The minimum absolute atomic E-state index is 0.0450. The normalized spacial score (nSPS) is 15.8. The number of methoxy groups -OCH3 is 1. The molecule has 5 rings (SSSR count). The Labute approximate surface area is 223 Å². The largest absolute Gasteiger partial charge is 0.493 e. The van der Waals surface area contributed by atoms with Crippen molar-refractivity contribution >= 4 is 52.0 Å². The SMILES string of the molecule is COc1cc(/C=C2/C(=N)N3C(c4ccccc4)=CSC3=NC2=O)cc(Cl)c1OCCOc1ccccc1. The van der Waals surface area contributed by atoms with E-state index in [0.29, 0.717) is 33.9 Å². The lowest BCUT2D eigenvalue weighted by Gasteiger charge is -2.27. The predicted octanol–water partition coefficient (Wildman–Crippen LogP) is 6.11. The molecule has 3 aromatic rings. The van der Waals surface area contributed by atoms with Crippen molar-refractivity contribution in [3.63, 3.8) is 0 Å². The number of hydrogen-bond acceptors (Lipinski definition) is 6. The molecular weight excluding hydrogens is 510 g/mol. The summed E-state index contributed by atoms with van der Waals surface area (Å²) in [5, 5.41) is 11.5. The summed E-state index contributed by atoms with van der Waals surface area (Å²) in [6.45, 7) is 0.583. The molecule has 0 radical (unpaired) electrons. The van der Waals surface area contributed by atoms with Crippen LogP contribution in [0.5, 0.6) is 17.2 Å². The first-order valence-electron chi connectivity index (χ1n) is 11.4. The van der Waals surface area contributed by atoms with E-state index in [9.17, 15) is 4.79 Å². The molecule has 9 heteroatoms. The van der Waals surface area contributed by atoms with Crippen LogP contribution in [0.4, 0.5) is 0 Å². The monoisotopic (exact) mass is 531 g/mol. The fourth-order valence-corrected chi connectivity index (χ4v) is 5.03. The zero-order chi connectivity index (χ0) is 25.8. The number of ether oxygens (including phenoxy) is 3. The van der Waals surface area contributed by atoms with Gasteiger partial charge < -0.3 is 14.2 Å². The Bertz CT molecular complexity index is 1440. The maximum atomic E-state index is 12.8. The average Bonchev–Trinajstić information content (AvgIpc) is 3.34. The van der Waals surface area contributed by atoms with Gasteiger partial charge in [0.05, 0.1) is 23.4 Å². The minimum atomic E-state index is -0.486. The van der Waals surface area contributed by atoms with Crippen LogP contribution in [0.15, 0.2) is 88.8 Å². The van der Waals surface area contributed by atoms with E-state index in [1.807, 2.05) is 66.1 Å². The van der Waals surface area contributed by atoms with Crippen LogP contribution in [-0.2, 0) is 4.79 Å². The molecule has 1 amide bonds. The van der Waals surface area contributed by atoms with Gasteiger partial charge in [-0.15, -0.1) is 0 Å². The molecule has 0 fully saturated rings. The van der Waals surface area contributed by atoms with Gasteiger partial charge in [-0.1, -0.05) is 71.9 Å². The van der Waals surface area contributed by atoms with E-state index in [1.54, 1.807) is 23.1 Å². The first-order chi connectivity index (χ1) is 18.0. The highest BCUT2D eigenvalue weighted by Gasteiger charge is 2.36. The Morgan fingerprint density at radius 2 is 1.73 bits per heavy atom. The molecule has 186 valence electrons. The Hall–Kier alpha value is -4.01. The number of carbonyl (C=O) groups is 1. The van der Waals surface area contributed by atoms with Gasteiger partial charge in [0.1, 0.15) is 24.8 Å². The van der Waals surface area contributed by atoms with E-state index >= 15 is 0 Å². The molecule has 2 heterocycles. The predicted molar refractivity (Wildman–Crippen MR) is 147 cm³/mol. The van der Waals surface area contributed by atoms with Crippen molar-refractivity contribution in [1.82, 2.24) is 4.90 Å². The number of nitrogens with one attached hydrogen (secondary N) is 1. The van der Waals surface area contributed by atoms with Crippen LogP contribution in [-0.4, -0.2) is 42.1 Å². The third-order valence-corrected chi connectivity index (χ3v) is 6.70. The summed E-state index contributed by atoms with van der Waals surface area (Å²) >= 11 is 7.85. The van der Waals surface area contributed by atoms with E-state index < -0.39 is 5.91 Å². The van der Waals surface area contributed by atoms with Crippen LogP contribution in [0.1, 0.15) is 11.1 Å². The summed E-state index contributed by atoms with van der Waals surface area (Å²) in [5.41, 5.74) is 2.46. The number of thioether (sulfide) groups is 1. The lowest BCUT2D eigenvalue weighted by atomic mass is 10.1.